The molecule has 1 aromatic rings. The van der Waals surface area contributed by atoms with Gasteiger partial charge in [-0.2, -0.15) is 0 Å². The van der Waals surface area contributed by atoms with Gasteiger partial charge in [-0.05, 0) is 38.9 Å². The fraction of sp³-hybridized carbons (Fsp3) is 0.562. The molecule has 1 saturated carbocycles. The number of carbonyl (C=O) groups excluding carboxylic acids is 1. The quantitative estimate of drug-likeness (QED) is 0.865. The van der Waals surface area contributed by atoms with Gasteiger partial charge in [-0.3, -0.25) is 0 Å². The van der Waals surface area contributed by atoms with Gasteiger partial charge in [-0.1, -0.05) is 30.3 Å². The normalized spacial score (nSPS) is 33.2. The molecule has 4 heteroatoms. The minimum Gasteiger partial charge on any atom is -0.336 e. The molecule has 2 fully saturated rings. The van der Waals surface area contributed by atoms with E-state index in [4.69, 9.17) is 0 Å². The van der Waals surface area contributed by atoms with Gasteiger partial charge in [0.15, 0.2) is 0 Å². The number of carbonyl (C=O) groups is 1. The zero-order valence-corrected chi connectivity index (χ0v) is 12.2. The van der Waals surface area contributed by atoms with E-state index in [1.807, 2.05) is 0 Å². The standard InChI is InChI=1S/C16H23N3O/c1-19(2)14-8-9-16(11-17-15(20)18-16)10-13(14)12-6-4-3-5-7-12/h3-7,13-14H,8-11H2,1-2H3,(H2,17,18,20)/t13?,14-,16+/m1/s1. The molecule has 3 rings (SSSR count). The van der Waals surface area contributed by atoms with Crippen LogP contribution in [-0.4, -0.2) is 43.2 Å². The molecule has 20 heavy (non-hydrogen) atoms. The van der Waals surface area contributed by atoms with Crippen molar-refractivity contribution in [2.75, 3.05) is 20.6 Å². The van der Waals surface area contributed by atoms with E-state index in [0.29, 0.717) is 12.0 Å². The van der Waals surface area contributed by atoms with E-state index in [9.17, 15) is 4.79 Å². The van der Waals surface area contributed by atoms with Crippen LogP contribution in [0.25, 0.3) is 0 Å². The molecule has 1 spiro atoms. The van der Waals surface area contributed by atoms with Crippen LogP contribution >= 0.6 is 0 Å². The molecule has 1 aliphatic carbocycles. The van der Waals surface area contributed by atoms with E-state index < -0.39 is 0 Å². The maximum Gasteiger partial charge on any atom is 0.315 e. The average molecular weight is 273 g/mol. The summed E-state index contributed by atoms with van der Waals surface area (Å²) < 4.78 is 0. The van der Waals surface area contributed by atoms with Gasteiger partial charge < -0.3 is 15.5 Å². The number of rotatable bonds is 2. The molecule has 0 aromatic heterocycles. The van der Waals surface area contributed by atoms with Gasteiger partial charge in [-0.15, -0.1) is 0 Å². The number of urea groups is 1. The molecule has 108 valence electrons. The summed E-state index contributed by atoms with van der Waals surface area (Å²) in [5.74, 6) is 0.472. The molecule has 1 saturated heterocycles. The van der Waals surface area contributed by atoms with Crippen LogP contribution in [0.5, 0.6) is 0 Å². The van der Waals surface area contributed by atoms with Crippen LogP contribution in [0.4, 0.5) is 4.79 Å². The highest BCUT2D eigenvalue weighted by molar-refractivity contribution is 5.77. The van der Waals surface area contributed by atoms with Gasteiger partial charge >= 0.3 is 6.03 Å². The lowest BCUT2D eigenvalue weighted by Gasteiger charge is -2.44. The van der Waals surface area contributed by atoms with E-state index in [1.54, 1.807) is 0 Å². The van der Waals surface area contributed by atoms with Crippen LogP contribution in [0, 0.1) is 0 Å². The first-order valence-corrected chi connectivity index (χ1v) is 7.37. The summed E-state index contributed by atoms with van der Waals surface area (Å²) in [6.07, 6.45) is 3.19. The number of hydrogen-bond acceptors (Lipinski definition) is 2. The Morgan fingerprint density at radius 2 is 2.00 bits per heavy atom. The van der Waals surface area contributed by atoms with E-state index in [0.717, 1.165) is 25.8 Å². The van der Waals surface area contributed by atoms with Crippen molar-refractivity contribution in [2.24, 2.45) is 0 Å². The minimum absolute atomic E-state index is 0.0138. The summed E-state index contributed by atoms with van der Waals surface area (Å²) in [5.41, 5.74) is 1.33. The maximum atomic E-state index is 11.5. The maximum absolute atomic E-state index is 11.5. The average Bonchev–Trinajstić information content (AvgIpc) is 2.80. The van der Waals surface area contributed by atoms with Gasteiger partial charge in [0, 0.05) is 18.5 Å². The Hall–Kier alpha value is -1.55. The lowest BCUT2D eigenvalue weighted by atomic mass is 9.70. The number of hydrogen-bond donors (Lipinski definition) is 2. The Morgan fingerprint density at radius 1 is 1.25 bits per heavy atom. The van der Waals surface area contributed by atoms with Crippen molar-refractivity contribution < 1.29 is 4.79 Å². The molecule has 1 aromatic carbocycles. The largest absolute Gasteiger partial charge is 0.336 e. The van der Waals surface area contributed by atoms with Gasteiger partial charge in [0.2, 0.25) is 0 Å². The van der Waals surface area contributed by atoms with E-state index in [2.05, 4.69) is 60.0 Å². The lowest BCUT2D eigenvalue weighted by Crippen LogP contribution is -2.52. The highest BCUT2D eigenvalue weighted by Crippen LogP contribution is 2.41. The third-order valence-electron chi connectivity index (χ3n) is 4.85. The van der Waals surface area contributed by atoms with Gasteiger partial charge in [0.1, 0.15) is 0 Å². The van der Waals surface area contributed by atoms with E-state index in [1.165, 1.54) is 5.56 Å². The van der Waals surface area contributed by atoms with Crippen LogP contribution < -0.4 is 10.6 Å². The molecule has 4 nitrogen and oxygen atoms in total. The van der Waals surface area contributed by atoms with Crippen molar-refractivity contribution in [3.63, 3.8) is 0 Å². The second kappa shape index (κ2) is 5.09. The molecular weight excluding hydrogens is 250 g/mol. The van der Waals surface area contributed by atoms with Crippen molar-refractivity contribution in [1.82, 2.24) is 15.5 Å². The molecule has 3 atom stereocenters. The van der Waals surface area contributed by atoms with Crippen molar-refractivity contribution in [1.29, 1.82) is 0 Å². The zero-order chi connectivity index (χ0) is 14.2. The van der Waals surface area contributed by atoms with Crippen molar-refractivity contribution in [3.05, 3.63) is 35.9 Å². The number of amides is 2. The highest BCUT2D eigenvalue weighted by atomic mass is 16.2. The fourth-order valence-electron chi connectivity index (χ4n) is 3.80. The first-order valence-electron chi connectivity index (χ1n) is 7.37. The lowest BCUT2D eigenvalue weighted by molar-refractivity contribution is 0.142. The summed E-state index contributed by atoms with van der Waals surface area (Å²) in [6.45, 7) is 0.759. The Morgan fingerprint density at radius 3 is 2.60 bits per heavy atom. The number of likely N-dealkylation sites (N-methyl/N-ethyl adjacent to an activating group) is 1. The fourth-order valence-corrected chi connectivity index (χ4v) is 3.80. The summed E-state index contributed by atoms with van der Waals surface area (Å²) in [4.78, 5) is 13.9. The van der Waals surface area contributed by atoms with Crippen LogP contribution in [-0.2, 0) is 0 Å². The van der Waals surface area contributed by atoms with Crippen LogP contribution in [0.3, 0.4) is 0 Å². The Kier molecular flexibility index (Phi) is 3.42. The predicted molar refractivity (Wildman–Crippen MR) is 79.8 cm³/mol. The first kappa shape index (κ1) is 13.4. The SMILES string of the molecule is CN(C)[C@@H]1CC[C@@]2(CNC(=O)N2)CC1c1ccccc1. The predicted octanol–water partition coefficient (Wildman–Crippen LogP) is 1.94. The summed E-state index contributed by atoms with van der Waals surface area (Å²) in [7, 11) is 4.31. The molecule has 0 radical (unpaired) electrons. The second-order valence-corrected chi connectivity index (χ2v) is 6.38. The Bertz CT molecular complexity index is 488. The van der Waals surface area contributed by atoms with Crippen LogP contribution in [0.2, 0.25) is 0 Å². The second-order valence-electron chi connectivity index (χ2n) is 6.38. The molecule has 2 N–H and O–H groups in total. The van der Waals surface area contributed by atoms with Gasteiger partial charge in [-0.25, -0.2) is 4.79 Å². The zero-order valence-electron chi connectivity index (χ0n) is 12.2. The molecule has 2 aliphatic rings. The Balaban J connectivity index is 1.87. The van der Waals surface area contributed by atoms with Crippen molar-refractivity contribution >= 4 is 6.03 Å². The van der Waals surface area contributed by atoms with Gasteiger partial charge in [0.25, 0.3) is 0 Å². The smallest absolute Gasteiger partial charge is 0.315 e. The Labute approximate surface area is 120 Å². The van der Waals surface area contributed by atoms with Crippen LogP contribution in [0.1, 0.15) is 30.7 Å². The number of benzene rings is 1. The summed E-state index contributed by atoms with van der Waals surface area (Å²) in [5, 5.41) is 6.09. The molecule has 1 heterocycles. The summed E-state index contributed by atoms with van der Waals surface area (Å²) >= 11 is 0. The molecular formula is C16H23N3O. The first-order chi connectivity index (χ1) is 9.60. The third kappa shape index (κ3) is 2.40. The molecule has 1 unspecified atom stereocenters. The number of nitrogens with one attached hydrogen (secondary N) is 2. The molecule has 0 bridgehead atoms. The molecule has 2 amide bonds. The van der Waals surface area contributed by atoms with Crippen LogP contribution in [0.15, 0.2) is 30.3 Å². The molecule has 1 aliphatic heterocycles. The monoisotopic (exact) mass is 273 g/mol. The topological polar surface area (TPSA) is 44.4 Å². The highest BCUT2D eigenvalue weighted by Gasteiger charge is 2.45. The third-order valence-corrected chi connectivity index (χ3v) is 4.85. The van der Waals surface area contributed by atoms with E-state index >= 15 is 0 Å². The van der Waals surface area contributed by atoms with Crippen molar-refractivity contribution in [2.45, 2.75) is 36.8 Å². The van der Waals surface area contributed by atoms with Gasteiger partial charge in [0.05, 0.1) is 5.54 Å². The van der Waals surface area contributed by atoms with Crippen molar-refractivity contribution in [3.8, 4) is 0 Å². The number of nitrogens with zero attached hydrogens (tertiary/aromatic N) is 1. The summed E-state index contributed by atoms with van der Waals surface area (Å²) in [6, 6.07) is 11.2. The minimum atomic E-state index is -0.0515. The van der Waals surface area contributed by atoms with E-state index in [-0.39, 0.29) is 11.6 Å².